The zero-order valence-electron chi connectivity index (χ0n) is 22.7. The molecule has 2 saturated heterocycles. The lowest BCUT2D eigenvalue weighted by molar-refractivity contribution is -0.119. The Morgan fingerprint density at radius 1 is 0.868 bits per heavy atom. The number of piperidine rings is 2. The number of para-hydroxylation sites is 1. The van der Waals surface area contributed by atoms with E-state index in [1.165, 1.54) is 32.4 Å². The third-order valence-corrected chi connectivity index (χ3v) is 8.45. The first-order chi connectivity index (χ1) is 18.7. The Hall–Kier alpha value is -2.99. The van der Waals surface area contributed by atoms with Crippen LogP contribution in [0.15, 0.2) is 55.0 Å². The topological polar surface area (TPSA) is 58.4 Å². The van der Waals surface area contributed by atoms with Gasteiger partial charge in [-0.25, -0.2) is 0 Å². The van der Waals surface area contributed by atoms with Gasteiger partial charge in [0.25, 0.3) is 5.91 Å². The highest BCUT2D eigenvalue weighted by molar-refractivity contribution is 6.07. The Balaban J connectivity index is 1.10. The van der Waals surface area contributed by atoms with Crippen LogP contribution < -0.4 is 0 Å². The summed E-state index contributed by atoms with van der Waals surface area (Å²) in [7, 11) is 0. The maximum atomic E-state index is 13.6. The van der Waals surface area contributed by atoms with Crippen molar-refractivity contribution < 1.29 is 9.59 Å². The zero-order valence-corrected chi connectivity index (χ0v) is 22.7. The second-order valence-electron chi connectivity index (χ2n) is 11.1. The van der Waals surface area contributed by atoms with Crippen molar-refractivity contribution in [1.82, 2.24) is 19.4 Å². The van der Waals surface area contributed by atoms with E-state index in [1.807, 2.05) is 24.4 Å². The van der Waals surface area contributed by atoms with E-state index in [2.05, 4.69) is 43.7 Å². The molecule has 6 heteroatoms. The lowest BCUT2D eigenvalue weighted by Gasteiger charge is -2.40. The standard InChI is InChI=1S/C32H42N4O2/c37-28(15-14-26-10-9-18-33-24-26)11-3-1-6-21-36-25-30(29-12-4-5-13-31(29)36)32(38)35-22-16-27(17-23-35)34-19-7-2-8-20-34/h4-5,9-10,12-13,18,24-25,27H,1-3,6-8,11,14-17,19-23H2. The molecule has 0 aliphatic carbocycles. The van der Waals surface area contributed by atoms with E-state index in [1.54, 1.807) is 6.20 Å². The normalized spacial score (nSPS) is 17.2. The van der Waals surface area contributed by atoms with Crippen molar-refractivity contribution in [2.24, 2.45) is 0 Å². The van der Waals surface area contributed by atoms with Gasteiger partial charge in [0, 0.05) is 68.0 Å². The minimum Gasteiger partial charge on any atom is -0.347 e. The van der Waals surface area contributed by atoms with Gasteiger partial charge in [0.05, 0.1) is 5.56 Å². The number of rotatable bonds is 11. The number of amides is 1. The summed E-state index contributed by atoms with van der Waals surface area (Å²) in [6, 6.07) is 12.9. The Morgan fingerprint density at radius 3 is 2.47 bits per heavy atom. The Morgan fingerprint density at radius 2 is 1.68 bits per heavy atom. The molecule has 0 atom stereocenters. The van der Waals surface area contributed by atoms with Gasteiger partial charge in [-0.05, 0) is 75.7 Å². The first-order valence-electron chi connectivity index (χ1n) is 14.7. The van der Waals surface area contributed by atoms with Crippen LogP contribution >= 0.6 is 0 Å². The SMILES string of the molecule is O=C(CCCCCn1cc(C(=O)N2CCC(N3CCCCC3)CC2)c2ccccc21)CCc1cccnc1. The molecule has 0 N–H and O–H groups in total. The van der Waals surface area contributed by atoms with E-state index in [9.17, 15) is 9.59 Å². The fourth-order valence-electron chi connectivity index (χ4n) is 6.23. The summed E-state index contributed by atoms with van der Waals surface area (Å²) in [6.07, 6.45) is 16.8. The van der Waals surface area contributed by atoms with Gasteiger partial charge in [0.2, 0.25) is 0 Å². The smallest absolute Gasteiger partial charge is 0.256 e. The van der Waals surface area contributed by atoms with Crippen molar-refractivity contribution in [2.75, 3.05) is 26.2 Å². The summed E-state index contributed by atoms with van der Waals surface area (Å²) in [6.45, 7) is 5.04. The second-order valence-corrected chi connectivity index (χ2v) is 11.1. The van der Waals surface area contributed by atoms with Crippen LogP contribution in [0.1, 0.15) is 80.1 Å². The largest absolute Gasteiger partial charge is 0.347 e. The minimum atomic E-state index is 0.177. The average molecular weight is 515 g/mol. The molecule has 5 rings (SSSR count). The first kappa shape index (κ1) is 26.6. The Labute approximate surface area is 227 Å². The van der Waals surface area contributed by atoms with E-state index in [-0.39, 0.29) is 5.91 Å². The lowest BCUT2D eigenvalue weighted by atomic mass is 9.99. The summed E-state index contributed by atoms with van der Waals surface area (Å²) in [5.74, 6) is 0.508. The molecule has 0 unspecified atom stereocenters. The summed E-state index contributed by atoms with van der Waals surface area (Å²) >= 11 is 0. The van der Waals surface area contributed by atoms with Gasteiger partial charge in [0.15, 0.2) is 0 Å². The van der Waals surface area contributed by atoms with Crippen molar-refractivity contribution in [2.45, 2.75) is 83.2 Å². The fourth-order valence-corrected chi connectivity index (χ4v) is 6.23. The van der Waals surface area contributed by atoms with E-state index in [0.29, 0.717) is 24.7 Å². The van der Waals surface area contributed by atoms with Crippen molar-refractivity contribution >= 4 is 22.6 Å². The lowest BCUT2D eigenvalue weighted by Crippen LogP contribution is -2.48. The van der Waals surface area contributed by atoms with Crippen molar-refractivity contribution in [3.05, 3.63) is 66.1 Å². The summed E-state index contributed by atoms with van der Waals surface area (Å²) < 4.78 is 2.24. The zero-order chi connectivity index (χ0) is 26.2. The predicted molar refractivity (Wildman–Crippen MR) is 152 cm³/mol. The van der Waals surface area contributed by atoms with E-state index in [4.69, 9.17) is 0 Å². The van der Waals surface area contributed by atoms with Crippen LogP contribution in [0.5, 0.6) is 0 Å². The number of pyridine rings is 1. The molecule has 0 spiro atoms. The summed E-state index contributed by atoms with van der Waals surface area (Å²) in [4.78, 5) is 34.7. The first-order valence-corrected chi connectivity index (χ1v) is 14.7. The fraction of sp³-hybridized carbons (Fsp3) is 0.531. The molecule has 2 fully saturated rings. The average Bonchev–Trinajstić information content (AvgIpc) is 3.35. The van der Waals surface area contributed by atoms with Gasteiger partial charge < -0.3 is 14.4 Å². The number of nitrogens with zero attached hydrogens (tertiary/aromatic N) is 4. The monoisotopic (exact) mass is 514 g/mol. The molecule has 202 valence electrons. The number of ketones is 1. The highest BCUT2D eigenvalue weighted by Gasteiger charge is 2.29. The van der Waals surface area contributed by atoms with Gasteiger partial charge in [-0.3, -0.25) is 14.6 Å². The molecule has 4 heterocycles. The highest BCUT2D eigenvalue weighted by Crippen LogP contribution is 2.26. The number of carbonyl (C=O) groups excluding carboxylic acids is 2. The number of aryl methyl sites for hydroxylation is 2. The van der Waals surface area contributed by atoms with Crippen molar-refractivity contribution in [3.63, 3.8) is 0 Å². The van der Waals surface area contributed by atoms with Gasteiger partial charge in [-0.1, -0.05) is 37.1 Å². The third-order valence-electron chi connectivity index (χ3n) is 8.45. The molecule has 2 aliphatic heterocycles. The molecule has 1 amide bonds. The van der Waals surface area contributed by atoms with Crippen LogP contribution in [-0.2, 0) is 17.8 Å². The molecule has 2 aliphatic rings. The second kappa shape index (κ2) is 13.2. The van der Waals surface area contributed by atoms with E-state index < -0.39 is 0 Å². The number of aromatic nitrogens is 2. The number of hydrogen-bond acceptors (Lipinski definition) is 4. The molecule has 2 aromatic heterocycles. The quantitative estimate of drug-likeness (QED) is 0.300. The Kier molecular flexibility index (Phi) is 9.24. The van der Waals surface area contributed by atoms with Crippen molar-refractivity contribution in [1.29, 1.82) is 0 Å². The van der Waals surface area contributed by atoms with Crippen LogP contribution in [-0.4, -0.2) is 63.3 Å². The van der Waals surface area contributed by atoms with Crippen LogP contribution in [0.2, 0.25) is 0 Å². The molecular weight excluding hydrogens is 472 g/mol. The van der Waals surface area contributed by atoms with Gasteiger partial charge in [0.1, 0.15) is 5.78 Å². The van der Waals surface area contributed by atoms with Crippen LogP contribution in [0.25, 0.3) is 10.9 Å². The highest BCUT2D eigenvalue weighted by atomic mass is 16.2. The molecule has 6 nitrogen and oxygen atoms in total. The van der Waals surface area contributed by atoms with E-state index >= 15 is 0 Å². The number of likely N-dealkylation sites (tertiary alicyclic amines) is 2. The summed E-state index contributed by atoms with van der Waals surface area (Å²) in [5, 5.41) is 1.06. The van der Waals surface area contributed by atoms with Crippen LogP contribution in [0.3, 0.4) is 0 Å². The van der Waals surface area contributed by atoms with Gasteiger partial charge in [-0.15, -0.1) is 0 Å². The molecular formula is C32H42N4O2. The minimum absolute atomic E-state index is 0.177. The maximum Gasteiger partial charge on any atom is 0.256 e. The molecule has 0 radical (unpaired) electrons. The van der Waals surface area contributed by atoms with Crippen LogP contribution in [0.4, 0.5) is 0 Å². The third kappa shape index (κ3) is 6.71. The molecule has 3 aromatic rings. The maximum absolute atomic E-state index is 13.6. The van der Waals surface area contributed by atoms with Gasteiger partial charge in [-0.2, -0.15) is 0 Å². The number of fused-ring (bicyclic) bond motifs is 1. The van der Waals surface area contributed by atoms with E-state index in [0.717, 1.165) is 80.2 Å². The number of unbranched alkanes of at least 4 members (excludes halogenated alkanes) is 2. The van der Waals surface area contributed by atoms with Gasteiger partial charge >= 0.3 is 0 Å². The number of carbonyl (C=O) groups is 2. The Bertz CT molecular complexity index is 1190. The summed E-state index contributed by atoms with van der Waals surface area (Å²) in [5.41, 5.74) is 3.09. The van der Waals surface area contributed by atoms with Crippen LogP contribution in [0, 0.1) is 0 Å². The van der Waals surface area contributed by atoms with Crippen molar-refractivity contribution in [3.8, 4) is 0 Å². The molecule has 0 bridgehead atoms. The predicted octanol–water partition coefficient (Wildman–Crippen LogP) is 5.89. The number of hydrogen-bond donors (Lipinski definition) is 0. The molecule has 38 heavy (non-hydrogen) atoms. The number of benzene rings is 1. The molecule has 0 saturated carbocycles. The molecule has 1 aromatic carbocycles. The number of Topliss-reactive ketones (excluding diaryl/α,β-unsaturated/α-hetero) is 1.